The van der Waals surface area contributed by atoms with Crippen molar-refractivity contribution >= 4 is 23.6 Å². The van der Waals surface area contributed by atoms with Gasteiger partial charge in [-0.25, -0.2) is 4.79 Å². The minimum absolute atomic E-state index is 0.129. The Morgan fingerprint density at radius 1 is 1.27 bits per heavy atom. The molecule has 1 heterocycles. The molecule has 136 valence electrons. The van der Waals surface area contributed by atoms with Gasteiger partial charge in [0.15, 0.2) is 6.04 Å². The summed E-state index contributed by atoms with van der Waals surface area (Å²) >= 11 is 1.34. The van der Waals surface area contributed by atoms with Gasteiger partial charge in [0.1, 0.15) is 11.5 Å². The lowest BCUT2D eigenvalue weighted by Gasteiger charge is -2.15. The molecule has 0 fully saturated rings. The monoisotopic (exact) mass is 373 g/mol. The summed E-state index contributed by atoms with van der Waals surface area (Å²) in [6, 6.07) is 11.5. The quantitative estimate of drug-likeness (QED) is 0.726. The summed E-state index contributed by atoms with van der Waals surface area (Å²) in [5, 5.41) is 12.1. The fourth-order valence-electron chi connectivity index (χ4n) is 2.70. The standard InChI is InChI=1S/C19H19NO5S/c1-24-14-3-5-15(6-4-14)26-11-17(21)20-18(19(22)23)13-2-7-16-12(10-13)8-9-25-16/h2-7,10,18H,8-9,11H2,1H3,(H,20,21)(H,22,23). The van der Waals surface area contributed by atoms with Gasteiger partial charge in [0.2, 0.25) is 5.91 Å². The van der Waals surface area contributed by atoms with Crippen LogP contribution in [0.1, 0.15) is 17.2 Å². The van der Waals surface area contributed by atoms with Gasteiger partial charge in [-0.2, -0.15) is 0 Å². The van der Waals surface area contributed by atoms with E-state index in [1.54, 1.807) is 25.3 Å². The van der Waals surface area contributed by atoms with Crippen LogP contribution in [0.2, 0.25) is 0 Å². The molecule has 0 saturated heterocycles. The molecule has 0 spiro atoms. The number of methoxy groups -OCH3 is 1. The van der Waals surface area contributed by atoms with Crippen LogP contribution in [-0.2, 0) is 16.0 Å². The van der Waals surface area contributed by atoms with Crippen molar-refractivity contribution < 1.29 is 24.2 Å². The van der Waals surface area contributed by atoms with Crippen LogP contribution >= 0.6 is 11.8 Å². The molecule has 0 aliphatic carbocycles. The maximum atomic E-state index is 12.2. The maximum absolute atomic E-state index is 12.2. The fraction of sp³-hybridized carbons (Fsp3) is 0.263. The lowest BCUT2D eigenvalue weighted by atomic mass is 10.0. The number of aliphatic carboxylic acids is 1. The van der Waals surface area contributed by atoms with Gasteiger partial charge in [0.25, 0.3) is 0 Å². The molecule has 2 N–H and O–H groups in total. The highest BCUT2D eigenvalue weighted by molar-refractivity contribution is 8.00. The second kappa shape index (κ2) is 8.14. The fourth-order valence-corrected chi connectivity index (χ4v) is 3.41. The number of carboxylic acid groups (broad SMARTS) is 1. The first-order chi connectivity index (χ1) is 12.6. The van der Waals surface area contributed by atoms with Gasteiger partial charge in [0, 0.05) is 11.3 Å². The number of thioether (sulfide) groups is 1. The van der Waals surface area contributed by atoms with Crippen molar-refractivity contribution in [3.05, 3.63) is 53.6 Å². The zero-order chi connectivity index (χ0) is 18.5. The second-order valence-corrected chi connectivity index (χ2v) is 6.82. The van der Waals surface area contributed by atoms with Crippen LogP contribution in [0.15, 0.2) is 47.4 Å². The van der Waals surface area contributed by atoms with E-state index < -0.39 is 12.0 Å². The van der Waals surface area contributed by atoms with Crippen LogP contribution in [0.5, 0.6) is 11.5 Å². The summed E-state index contributed by atoms with van der Waals surface area (Å²) in [6.07, 6.45) is 0.747. The Bertz CT molecular complexity index is 806. The van der Waals surface area contributed by atoms with E-state index >= 15 is 0 Å². The summed E-state index contributed by atoms with van der Waals surface area (Å²) in [6.45, 7) is 0.599. The molecule has 1 atom stereocenters. The normalized spacial score (nSPS) is 13.4. The van der Waals surface area contributed by atoms with E-state index in [0.717, 1.165) is 28.4 Å². The average Bonchev–Trinajstić information content (AvgIpc) is 3.12. The number of hydrogen-bond donors (Lipinski definition) is 2. The van der Waals surface area contributed by atoms with Crippen molar-refractivity contribution in [1.29, 1.82) is 0 Å². The summed E-state index contributed by atoms with van der Waals surface area (Å²) in [5.74, 6) is 0.218. The highest BCUT2D eigenvalue weighted by Gasteiger charge is 2.24. The predicted molar refractivity (Wildman–Crippen MR) is 97.9 cm³/mol. The molecule has 1 aliphatic heterocycles. The number of carbonyl (C=O) groups is 2. The summed E-state index contributed by atoms with van der Waals surface area (Å²) in [7, 11) is 1.59. The Labute approximate surface area is 155 Å². The van der Waals surface area contributed by atoms with E-state index in [1.165, 1.54) is 11.8 Å². The zero-order valence-corrected chi connectivity index (χ0v) is 15.0. The first kappa shape index (κ1) is 18.1. The molecule has 0 bridgehead atoms. The number of carbonyl (C=O) groups excluding carboxylic acids is 1. The first-order valence-corrected chi connectivity index (χ1v) is 9.10. The molecule has 0 saturated carbocycles. The molecule has 1 aliphatic rings. The third kappa shape index (κ3) is 4.29. The van der Waals surface area contributed by atoms with Gasteiger partial charge >= 0.3 is 5.97 Å². The average molecular weight is 373 g/mol. The Morgan fingerprint density at radius 2 is 2.04 bits per heavy atom. The van der Waals surface area contributed by atoms with E-state index in [-0.39, 0.29) is 11.7 Å². The van der Waals surface area contributed by atoms with Crippen LogP contribution in [-0.4, -0.2) is 36.5 Å². The molecule has 1 unspecified atom stereocenters. The molecule has 3 rings (SSSR count). The number of fused-ring (bicyclic) bond motifs is 1. The number of rotatable bonds is 7. The number of nitrogens with one attached hydrogen (secondary N) is 1. The molecule has 0 radical (unpaired) electrons. The van der Waals surface area contributed by atoms with Gasteiger partial charge in [-0.3, -0.25) is 4.79 Å². The van der Waals surface area contributed by atoms with Crippen LogP contribution in [0.3, 0.4) is 0 Å². The van der Waals surface area contributed by atoms with Crippen LogP contribution in [0.25, 0.3) is 0 Å². The summed E-state index contributed by atoms with van der Waals surface area (Å²) in [4.78, 5) is 24.7. The van der Waals surface area contributed by atoms with Crippen LogP contribution < -0.4 is 14.8 Å². The Kier molecular flexibility index (Phi) is 5.68. The Balaban J connectivity index is 1.62. The first-order valence-electron chi connectivity index (χ1n) is 8.11. The molecule has 7 heteroatoms. The van der Waals surface area contributed by atoms with Crippen LogP contribution in [0.4, 0.5) is 0 Å². The topological polar surface area (TPSA) is 84.9 Å². The predicted octanol–water partition coefficient (Wildman–Crippen LogP) is 2.66. The molecule has 1 amide bonds. The van der Waals surface area contributed by atoms with Gasteiger partial charge in [-0.05, 0) is 47.5 Å². The number of ether oxygens (including phenoxy) is 2. The number of benzene rings is 2. The molecule has 2 aromatic carbocycles. The molecular formula is C19H19NO5S. The summed E-state index contributed by atoms with van der Waals surface area (Å²) in [5.41, 5.74) is 1.51. The molecule has 0 aromatic heterocycles. The number of carboxylic acids is 1. The SMILES string of the molecule is COc1ccc(SCC(=O)NC(C(=O)O)c2ccc3c(c2)CCO3)cc1. The summed E-state index contributed by atoms with van der Waals surface area (Å²) < 4.78 is 10.5. The molecular weight excluding hydrogens is 354 g/mol. The van der Waals surface area contributed by atoms with Crippen molar-refractivity contribution in [1.82, 2.24) is 5.32 Å². The van der Waals surface area contributed by atoms with Crippen molar-refractivity contribution in [2.45, 2.75) is 17.4 Å². The highest BCUT2D eigenvalue weighted by Crippen LogP contribution is 2.28. The molecule has 26 heavy (non-hydrogen) atoms. The van der Waals surface area contributed by atoms with E-state index in [2.05, 4.69) is 5.32 Å². The Hall–Kier alpha value is -2.67. The smallest absolute Gasteiger partial charge is 0.330 e. The maximum Gasteiger partial charge on any atom is 0.330 e. The third-order valence-electron chi connectivity index (χ3n) is 4.03. The second-order valence-electron chi connectivity index (χ2n) is 5.77. The minimum Gasteiger partial charge on any atom is -0.497 e. The van der Waals surface area contributed by atoms with Gasteiger partial charge in [0.05, 0.1) is 19.5 Å². The van der Waals surface area contributed by atoms with Crippen molar-refractivity contribution in [3.63, 3.8) is 0 Å². The highest BCUT2D eigenvalue weighted by atomic mass is 32.2. The van der Waals surface area contributed by atoms with E-state index in [4.69, 9.17) is 9.47 Å². The van der Waals surface area contributed by atoms with Crippen molar-refractivity contribution in [3.8, 4) is 11.5 Å². The largest absolute Gasteiger partial charge is 0.497 e. The lowest BCUT2D eigenvalue weighted by molar-refractivity contribution is -0.141. The van der Waals surface area contributed by atoms with E-state index in [0.29, 0.717) is 12.2 Å². The van der Waals surface area contributed by atoms with E-state index in [1.807, 2.05) is 24.3 Å². The molecule has 6 nitrogen and oxygen atoms in total. The van der Waals surface area contributed by atoms with Gasteiger partial charge < -0.3 is 19.9 Å². The molecule has 2 aromatic rings. The minimum atomic E-state index is -1.09. The van der Waals surface area contributed by atoms with Gasteiger partial charge in [-0.15, -0.1) is 11.8 Å². The number of amides is 1. The number of hydrogen-bond acceptors (Lipinski definition) is 5. The van der Waals surface area contributed by atoms with Crippen molar-refractivity contribution in [2.75, 3.05) is 19.5 Å². The lowest BCUT2D eigenvalue weighted by Crippen LogP contribution is -2.34. The van der Waals surface area contributed by atoms with Crippen molar-refractivity contribution in [2.24, 2.45) is 0 Å². The van der Waals surface area contributed by atoms with E-state index in [9.17, 15) is 14.7 Å². The Morgan fingerprint density at radius 3 is 2.73 bits per heavy atom. The third-order valence-corrected chi connectivity index (χ3v) is 5.04. The van der Waals surface area contributed by atoms with Crippen LogP contribution in [0, 0.1) is 0 Å². The van der Waals surface area contributed by atoms with Gasteiger partial charge in [-0.1, -0.05) is 6.07 Å². The zero-order valence-electron chi connectivity index (χ0n) is 14.2.